The van der Waals surface area contributed by atoms with Crippen LogP contribution in [0.2, 0.25) is 0 Å². The van der Waals surface area contributed by atoms with Gasteiger partial charge in [-0.15, -0.1) is 0 Å². The van der Waals surface area contributed by atoms with Crippen molar-refractivity contribution in [3.05, 3.63) is 0 Å². The zero-order valence-electron chi connectivity index (χ0n) is 52.5. The Morgan fingerprint density at radius 1 is 0.530 bits per heavy atom. The number of nitrogens with one attached hydrogen (secondary N) is 9. The summed E-state index contributed by atoms with van der Waals surface area (Å²) in [4.78, 5) is 167. The summed E-state index contributed by atoms with van der Waals surface area (Å²) in [6.45, 7) is 28.4. The molecule has 12 amide bonds. The van der Waals surface area contributed by atoms with Gasteiger partial charge in [-0.3, -0.25) is 57.5 Å². The van der Waals surface area contributed by atoms with E-state index in [4.69, 9.17) is 5.73 Å². The number of likely N-dealkylation sites (tertiary alicyclic amines) is 2. The van der Waals surface area contributed by atoms with Crippen molar-refractivity contribution < 1.29 is 62.6 Å². The molecule has 0 spiro atoms. The number of carbonyl (C=O) groups is 12. The molecule has 9 unspecified atom stereocenters. The molecule has 0 aromatic carbocycles. The SMILES string of the molecule is CCC(C)C(NC(=O)C(CCC(N)=O)NC(=O)C(C)(C)NC(C)=O)C(=O)NC(C(=O)NC(C)(C)C(=O)N1CCCC1C(=O)NC(CC(C)C)C(=O)NC(CC(C)C)C(=O)NC(C)(C)C(=O)N1CCCC1C(=O)NC(CO)CC(C)C)C(C)C. The molecule has 9 atom stereocenters. The number of carbonyl (C=O) groups excluding carboxylic acids is 12. The van der Waals surface area contributed by atoms with Gasteiger partial charge in [-0.05, 0) is 122 Å². The highest BCUT2D eigenvalue weighted by Gasteiger charge is 2.46. The Labute approximate surface area is 491 Å². The molecule has 0 bridgehead atoms. The van der Waals surface area contributed by atoms with Gasteiger partial charge in [-0.1, -0.05) is 75.7 Å². The van der Waals surface area contributed by atoms with Gasteiger partial charge in [0.1, 0.15) is 58.9 Å². The standard InChI is InChI=1S/C58H102N12O13/c1-18-35(10)45(65-46(74)38(23-24-43(59)73)63-53(81)56(12,13)66-36(11)72)51(79)64-44(34(8)9)52(80)68-58(16,17)55(83)70-26-20-22-42(70)50(78)62-39(28-32(4)5)47(75)61-40(29-33(6)7)48(76)67-57(14,15)54(82)69-25-19-21-41(69)49(77)60-37(30-71)27-31(2)3/h31-35,37-42,44-45,71H,18-30H2,1-17H3,(H2,59,73)(H,60,77)(H,61,75)(H,62,78)(H,63,81)(H,64,79)(H,65,74)(H,66,72)(H,67,76)(H,68,80). The summed E-state index contributed by atoms with van der Waals surface area (Å²) < 4.78 is 0. The van der Waals surface area contributed by atoms with Gasteiger partial charge in [-0.2, -0.15) is 0 Å². The minimum atomic E-state index is -1.65. The number of aliphatic hydroxyl groups is 1. The number of hydrogen-bond acceptors (Lipinski definition) is 13. The van der Waals surface area contributed by atoms with E-state index in [0.29, 0.717) is 32.1 Å². The second-order valence-corrected chi connectivity index (χ2v) is 25.9. The molecule has 2 aliphatic heterocycles. The molecule has 83 heavy (non-hydrogen) atoms. The zero-order valence-corrected chi connectivity index (χ0v) is 52.5. The van der Waals surface area contributed by atoms with Gasteiger partial charge >= 0.3 is 0 Å². The number of aliphatic hydroxyl groups excluding tert-OH is 1. The van der Waals surface area contributed by atoms with Gasteiger partial charge in [0.2, 0.25) is 70.9 Å². The van der Waals surface area contributed by atoms with Crippen LogP contribution in [0.1, 0.15) is 182 Å². The maximum absolute atomic E-state index is 14.5. The van der Waals surface area contributed by atoms with Crippen molar-refractivity contribution in [3.8, 4) is 0 Å². The van der Waals surface area contributed by atoms with E-state index in [2.05, 4.69) is 47.9 Å². The van der Waals surface area contributed by atoms with Gasteiger partial charge in [0.05, 0.1) is 12.6 Å². The van der Waals surface area contributed by atoms with Crippen molar-refractivity contribution in [3.63, 3.8) is 0 Å². The number of primary amides is 1. The van der Waals surface area contributed by atoms with Crippen LogP contribution in [0.25, 0.3) is 0 Å². The van der Waals surface area contributed by atoms with Gasteiger partial charge in [0.15, 0.2) is 0 Å². The van der Waals surface area contributed by atoms with Crippen molar-refractivity contribution >= 4 is 70.9 Å². The average molecular weight is 1180 g/mol. The molecule has 0 aliphatic carbocycles. The van der Waals surface area contributed by atoms with E-state index in [1.807, 2.05) is 41.5 Å². The summed E-state index contributed by atoms with van der Waals surface area (Å²) in [5.41, 5.74) is 0.753. The molecule has 2 aliphatic rings. The quantitative estimate of drug-likeness (QED) is 0.0442. The first-order valence-corrected chi connectivity index (χ1v) is 29.6. The van der Waals surface area contributed by atoms with E-state index in [1.54, 1.807) is 27.7 Å². The van der Waals surface area contributed by atoms with E-state index < -0.39 is 142 Å². The molecular weight excluding hydrogens is 1070 g/mol. The summed E-state index contributed by atoms with van der Waals surface area (Å²) >= 11 is 0. The molecule has 2 heterocycles. The van der Waals surface area contributed by atoms with Crippen LogP contribution in [-0.4, -0.2) is 170 Å². The Hall–Kier alpha value is -6.40. The third kappa shape index (κ3) is 22.3. The van der Waals surface area contributed by atoms with Crippen molar-refractivity contribution in [2.24, 2.45) is 35.3 Å². The molecule has 0 aromatic heterocycles. The molecule has 12 N–H and O–H groups in total. The first-order valence-electron chi connectivity index (χ1n) is 29.6. The number of nitrogens with zero attached hydrogens (tertiary/aromatic N) is 2. The minimum Gasteiger partial charge on any atom is -0.394 e. The molecule has 2 rings (SSSR count). The van der Waals surface area contributed by atoms with Crippen LogP contribution in [0, 0.1) is 29.6 Å². The number of rotatable bonds is 32. The Kier molecular flexibility index (Phi) is 28.1. The lowest BCUT2D eigenvalue weighted by molar-refractivity contribution is -0.146. The topological polar surface area (TPSA) is 366 Å². The average Bonchev–Trinajstić information content (AvgIpc) is 4.34. The molecular formula is C58H102N12O13. The highest BCUT2D eigenvalue weighted by molar-refractivity contribution is 6.01. The minimum absolute atomic E-state index is 0.109. The van der Waals surface area contributed by atoms with Crippen LogP contribution in [0.3, 0.4) is 0 Å². The van der Waals surface area contributed by atoms with Crippen LogP contribution < -0.4 is 53.6 Å². The third-order valence-corrected chi connectivity index (χ3v) is 15.0. The second kappa shape index (κ2) is 32.0. The number of amides is 12. The Morgan fingerprint density at radius 3 is 1.41 bits per heavy atom. The van der Waals surface area contributed by atoms with E-state index in [0.717, 1.165) is 0 Å². The summed E-state index contributed by atoms with van der Waals surface area (Å²) in [6, 6.07) is -8.50. The first kappa shape index (κ1) is 72.7. The molecule has 0 radical (unpaired) electrons. The summed E-state index contributed by atoms with van der Waals surface area (Å²) in [5, 5.41) is 34.4. The molecule has 472 valence electrons. The van der Waals surface area contributed by atoms with E-state index in [-0.39, 0.29) is 75.5 Å². The first-order chi connectivity index (χ1) is 38.3. The van der Waals surface area contributed by atoms with Crippen molar-refractivity contribution in [1.82, 2.24) is 57.7 Å². The lowest BCUT2D eigenvalue weighted by Crippen LogP contribution is -2.64. The maximum atomic E-state index is 14.5. The lowest BCUT2D eigenvalue weighted by atomic mass is 9.95. The highest BCUT2D eigenvalue weighted by atomic mass is 16.3. The monoisotopic (exact) mass is 1170 g/mol. The molecule has 2 saturated heterocycles. The third-order valence-electron chi connectivity index (χ3n) is 15.0. The van der Waals surface area contributed by atoms with Crippen LogP contribution in [0.4, 0.5) is 0 Å². The summed E-state index contributed by atoms with van der Waals surface area (Å²) in [6.07, 6.45) is 2.34. The smallest absolute Gasteiger partial charge is 0.248 e. The van der Waals surface area contributed by atoms with Crippen molar-refractivity contribution in [2.45, 2.75) is 247 Å². The van der Waals surface area contributed by atoms with Crippen molar-refractivity contribution in [2.75, 3.05) is 19.7 Å². The fourth-order valence-electron chi connectivity index (χ4n) is 10.3. The molecule has 2 fully saturated rings. The molecule has 25 nitrogen and oxygen atoms in total. The Bertz CT molecular complexity index is 2320. The zero-order chi connectivity index (χ0) is 63.6. The predicted octanol–water partition coefficient (Wildman–Crippen LogP) is 0.680. The number of hydrogen-bond donors (Lipinski definition) is 11. The van der Waals surface area contributed by atoms with Gasteiger partial charge < -0.3 is 68.5 Å². The molecule has 0 saturated carbocycles. The molecule has 0 aromatic rings. The maximum Gasteiger partial charge on any atom is 0.248 e. The van der Waals surface area contributed by atoms with Crippen LogP contribution in [0.15, 0.2) is 0 Å². The predicted molar refractivity (Wildman–Crippen MR) is 312 cm³/mol. The fraction of sp³-hybridized carbons (Fsp3) is 0.793. The number of nitrogens with two attached hydrogens (primary N) is 1. The van der Waals surface area contributed by atoms with Gasteiger partial charge in [0, 0.05) is 26.4 Å². The highest BCUT2D eigenvalue weighted by Crippen LogP contribution is 2.25. The van der Waals surface area contributed by atoms with Crippen LogP contribution in [0.5, 0.6) is 0 Å². The summed E-state index contributed by atoms with van der Waals surface area (Å²) in [5.74, 6) is -8.86. The van der Waals surface area contributed by atoms with Crippen molar-refractivity contribution in [1.29, 1.82) is 0 Å². The van der Waals surface area contributed by atoms with E-state index in [9.17, 15) is 62.6 Å². The Morgan fingerprint density at radius 2 is 0.976 bits per heavy atom. The van der Waals surface area contributed by atoms with E-state index in [1.165, 1.54) is 58.3 Å². The lowest BCUT2D eigenvalue weighted by Gasteiger charge is -2.36. The normalized spacial score (nSPS) is 18.2. The van der Waals surface area contributed by atoms with Crippen LogP contribution >= 0.6 is 0 Å². The summed E-state index contributed by atoms with van der Waals surface area (Å²) in [7, 11) is 0. The Balaban J connectivity index is 2.30. The second-order valence-electron chi connectivity index (χ2n) is 25.9. The fourth-order valence-corrected chi connectivity index (χ4v) is 10.3. The van der Waals surface area contributed by atoms with E-state index >= 15 is 0 Å². The van der Waals surface area contributed by atoms with Gasteiger partial charge in [-0.25, -0.2) is 0 Å². The van der Waals surface area contributed by atoms with Crippen LogP contribution in [-0.2, 0) is 57.5 Å². The molecule has 25 heteroatoms. The largest absolute Gasteiger partial charge is 0.394 e. The van der Waals surface area contributed by atoms with Gasteiger partial charge in [0.25, 0.3) is 0 Å².